The first-order valence-electron chi connectivity index (χ1n) is 5.61. The molecule has 0 spiro atoms. The third-order valence-electron chi connectivity index (χ3n) is 2.48. The van der Waals surface area contributed by atoms with Gasteiger partial charge in [0, 0.05) is 18.1 Å². The molecular formula is C12H18ClNO2S. The monoisotopic (exact) mass is 275 g/mol. The maximum Gasteiger partial charge on any atom is 0.151 e. The first-order valence-corrected chi connectivity index (χ1v) is 7.96. The van der Waals surface area contributed by atoms with Crippen LogP contribution in [0.25, 0.3) is 0 Å². The van der Waals surface area contributed by atoms with E-state index in [-0.39, 0.29) is 17.4 Å². The van der Waals surface area contributed by atoms with Crippen molar-refractivity contribution in [2.75, 3.05) is 29.2 Å². The Hall–Kier alpha value is -0.740. The topological polar surface area (TPSA) is 46.2 Å². The van der Waals surface area contributed by atoms with Gasteiger partial charge >= 0.3 is 0 Å². The molecule has 1 aromatic carbocycles. The molecular weight excluding hydrogens is 258 g/mol. The van der Waals surface area contributed by atoms with Crippen molar-refractivity contribution >= 4 is 27.1 Å². The lowest BCUT2D eigenvalue weighted by Crippen LogP contribution is -2.15. The summed E-state index contributed by atoms with van der Waals surface area (Å²) < 4.78 is 22.8. The van der Waals surface area contributed by atoms with E-state index in [1.807, 2.05) is 31.2 Å². The first kappa shape index (κ1) is 14.3. The Morgan fingerprint density at radius 3 is 2.59 bits per heavy atom. The van der Waals surface area contributed by atoms with Gasteiger partial charge in [-0.25, -0.2) is 8.42 Å². The van der Waals surface area contributed by atoms with Gasteiger partial charge in [-0.1, -0.05) is 18.2 Å². The molecule has 1 N–H and O–H groups in total. The summed E-state index contributed by atoms with van der Waals surface area (Å²) in [6.45, 7) is 2.68. The third-order valence-corrected chi connectivity index (χ3v) is 4.63. The van der Waals surface area contributed by atoms with Gasteiger partial charge in [0.25, 0.3) is 0 Å². The highest BCUT2D eigenvalue weighted by Crippen LogP contribution is 2.12. The lowest BCUT2D eigenvalue weighted by atomic mass is 10.2. The second-order valence-corrected chi connectivity index (χ2v) is 6.62. The molecule has 0 fully saturated rings. The van der Waals surface area contributed by atoms with Gasteiger partial charge in [0.05, 0.1) is 11.5 Å². The number of nitrogens with one attached hydrogen (secondary N) is 1. The Morgan fingerprint density at radius 1 is 1.24 bits per heavy atom. The quantitative estimate of drug-likeness (QED) is 0.614. The zero-order valence-corrected chi connectivity index (χ0v) is 11.5. The zero-order chi connectivity index (χ0) is 12.7. The number of para-hydroxylation sites is 1. The van der Waals surface area contributed by atoms with Crippen LogP contribution in [0.2, 0.25) is 0 Å². The molecule has 3 nitrogen and oxygen atoms in total. The van der Waals surface area contributed by atoms with Gasteiger partial charge < -0.3 is 5.32 Å². The Balaban J connectivity index is 2.32. The van der Waals surface area contributed by atoms with Crippen LogP contribution in [0.4, 0.5) is 5.69 Å². The normalized spacial score (nSPS) is 11.4. The summed E-state index contributed by atoms with van der Waals surface area (Å²) in [6.07, 6.45) is 0.605. The van der Waals surface area contributed by atoms with E-state index in [1.165, 1.54) is 0 Å². The first-order chi connectivity index (χ1) is 8.05. The maximum absolute atomic E-state index is 11.4. The van der Waals surface area contributed by atoms with Crippen LogP contribution in [0.5, 0.6) is 0 Å². The van der Waals surface area contributed by atoms with Crippen LogP contribution in [0.3, 0.4) is 0 Å². The molecule has 0 aliphatic rings. The molecule has 5 heteroatoms. The van der Waals surface area contributed by atoms with E-state index in [1.54, 1.807) is 0 Å². The van der Waals surface area contributed by atoms with Crippen molar-refractivity contribution in [2.45, 2.75) is 13.3 Å². The van der Waals surface area contributed by atoms with E-state index >= 15 is 0 Å². The SMILES string of the molecule is Cc1ccccc1NCCCS(=O)(=O)CCCl. The minimum atomic E-state index is -2.97. The number of benzene rings is 1. The van der Waals surface area contributed by atoms with Crippen molar-refractivity contribution in [1.29, 1.82) is 0 Å². The third kappa shape index (κ3) is 5.41. The number of alkyl halides is 1. The highest BCUT2D eigenvalue weighted by atomic mass is 35.5. The van der Waals surface area contributed by atoms with Crippen molar-refractivity contribution in [2.24, 2.45) is 0 Å². The highest BCUT2D eigenvalue weighted by Gasteiger charge is 2.08. The molecule has 1 rings (SSSR count). The molecule has 0 bridgehead atoms. The Kier molecular flexibility index (Phi) is 5.78. The molecule has 0 unspecified atom stereocenters. The van der Waals surface area contributed by atoms with E-state index in [9.17, 15) is 8.42 Å². The number of rotatable bonds is 7. The molecule has 0 saturated heterocycles. The van der Waals surface area contributed by atoms with Crippen LogP contribution in [0.1, 0.15) is 12.0 Å². The predicted octanol–water partition coefficient (Wildman–Crippen LogP) is 2.45. The number of halogens is 1. The van der Waals surface area contributed by atoms with Gasteiger partial charge in [-0.15, -0.1) is 11.6 Å². The van der Waals surface area contributed by atoms with E-state index in [4.69, 9.17) is 11.6 Å². The fourth-order valence-electron chi connectivity index (χ4n) is 1.51. The molecule has 0 amide bonds. The molecule has 0 aliphatic carbocycles. The fourth-order valence-corrected chi connectivity index (χ4v) is 3.23. The minimum absolute atomic E-state index is 0.0684. The minimum Gasteiger partial charge on any atom is -0.385 e. The van der Waals surface area contributed by atoms with Crippen LogP contribution in [-0.2, 0) is 9.84 Å². The second-order valence-electron chi connectivity index (χ2n) is 3.94. The van der Waals surface area contributed by atoms with Gasteiger partial charge in [-0.3, -0.25) is 0 Å². The van der Waals surface area contributed by atoms with Crippen molar-refractivity contribution in [1.82, 2.24) is 0 Å². The average Bonchev–Trinajstić information content (AvgIpc) is 2.26. The number of sulfone groups is 1. The van der Waals surface area contributed by atoms with Crippen LogP contribution in [0.15, 0.2) is 24.3 Å². The summed E-state index contributed by atoms with van der Waals surface area (Å²) in [5.41, 5.74) is 2.22. The number of hydrogen-bond acceptors (Lipinski definition) is 3. The van der Waals surface area contributed by atoms with Gasteiger partial charge in [0.1, 0.15) is 0 Å². The molecule has 0 heterocycles. The Bertz CT molecular complexity index is 446. The molecule has 0 atom stereocenters. The maximum atomic E-state index is 11.4. The van der Waals surface area contributed by atoms with E-state index in [0.717, 1.165) is 11.3 Å². The summed E-state index contributed by atoms with van der Waals surface area (Å²) in [5.74, 6) is 0.436. The largest absolute Gasteiger partial charge is 0.385 e. The molecule has 17 heavy (non-hydrogen) atoms. The lowest BCUT2D eigenvalue weighted by molar-refractivity contribution is 0.595. The molecule has 0 radical (unpaired) electrons. The molecule has 0 aliphatic heterocycles. The standard InChI is InChI=1S/C12H18ClNO2S/c1-11-5-2-3-6-12(11)14-8-4-9-17(15,16)10-7-13/h2-3,5-6,14H,4,7-10H2,1H3. The van der Waals surface area contributed by atoms with Crippen molar-refractivity contribution in [3.8, 4) is 0 Å². The number of hydrogen-bond donors (Lipinski definition) is 1. The number of aryl methyl sites for hydroxylation is 1. The van der Waals surface area contributed by atoms with Crippen molar-refractivity contribution in [3.63, 3.8) is 0 Å². The van der Waals surface area contributed by atoms with Gasteiger partial charge in [-0.05, 0) is 25.0 Å². The van der Waals surface area contributed by atoms with E-state index in [2.05, 4.69) is 5.32 Å². The summed E-state index contributed by atoms with van der Waals surface area (Å²) in [7, 11) is -2.97. The van der Waals surface area contributed by atoms with Gasteiger partial charge in [0.15, 0.2) is 9.84 Å². The van der Waals surface area contributed by atoms with Crippen molar-refractivity contribution in [3.05, 3.63) is 29.8 Å². The van der Waals surface area contributed by atoms with Gasteiger partial charge in [0.2, 0.25) is 0 Å². The van der Waals surface area contributed by atoms with Crippen LogP contribution in [0, 0.1) is 6.92 Å². The summed E-state index contributed by atoms with van der Waals surface area (Å²) in [6, 6.07) is 7.94. The summed E-state index contributed by atoms with van der Waals surface area (Å²) >= 11 is 5.42. The highest BCUT2D eigenvalue weighted by molar-refractivity contribution is 7.91. The Morgan fingerprint density at radius 2 is 1.94 bits per heavy atom. The summed E-state index contributed by atoms with van der Waals surface area (Å²) in [5, 5.41) is 3.23. The molecule has 0 saturated carbocycles. The molecule has 96 valence electrons. The Labute approximate surface area is 108 Å². The summed E-state index contributed by atoms with van der Waals surface area (Å²) in [4.78, 5) is 0. The van der Waals surface area contributed by atoms with Crippen molar-refractivity contribution < 1.29 is 8.42 Å². The number of anilines is 1. The van der Waals surface area contributed by atoms with E-state index in [0.29, 0.717) is 13.0 Å². The molecule has 0 aromatic heterocycles. The zero-order valence-electron chi connectivity index (χ0n) is 9.95. The smallest absolute Gasteiger partial charge is 0.151 e. The molecule has 1 aromatic rings. The fraction of sp³-hybridized carbons (Fsp3) is 0.500. The van der Waals surface area contributed by atoms with E-state index < -0.39 is 9.84 Å². The van der Waals surface area contributed by atoms with Crippen LogP contribution in [-0.4, -0.2) is 32.3 Å². The predicted molar refractivity (Wildman–Crippen MR) is 73.7 cm³/mol. The van der Waals surface area contributed by atoms with Gasteiger partial charge in [-0.2, -0.15) is 0 Å². The second kappa shape index (κ2) is 6.87. The lowest BCUT2D eigenvalue weighted by Gasteiger charge is -2.09. The van der Waals surface area contributed by atoms with Crippen LogP contribution >= 0.6 is 11.6 Å². The van der Waals surface area contributed by atoms with Crippen LogP contribution < -0.4 is 5.32 Å². The average molecular weight is 276 g/mol.